The van der Waals surface area contributed by atoms with Crippen LogP contribution in [0.2, 0.25) is 0 Å². The third-order valence-corrected chi connectivity index (χ3v) is 11.2. The van der Waals surface area contributed by atoms with E-state index in [2.05, 4.69) is 32.7 Å². The number of nitrogens with zero attached hydrogens (tertiary/aromatic N) is 4. The number of ether oxygens (including phenoxy) is 2. The molecule has 5 heterocycles. The molecule has 0 unspecified atom stereocenters. The van der Waals surface area contributed by atoms with E-state index in [0.717, 1.165) is 76.6 Å². The number of amides is 4. The van der Waals surface area contributed by atoms with Gasteiger partial charge in [0.25, 0.3) is 0 Å². The van der Waals surface area contributed by atoms with Crippen molar-refractivity contribution >= 4 is 37.3 Å². The van der Waals surface area contributed by atoms with E-state index in [1.165, 1.54) is 7.11 Å². The number of alkyl carbamates (subject to hydrolysis) is 1. The van der Waals surface area contributed by atoms with Crippen LogP contribution < -0.4 is 15.4 Å². The second kappa shape index (κ2) is 17.5. The highest BCUT2D eigenvalue weighted by Crippen LogP contribution is 2.41. The van der Waals surface area contributed by atoms with Gasteiger partial charge in [0.2, 0.25) is 17.7 Å². The number of methoxy groups -OCH3 is 1. The first-order chi connectivity index (χ1) is 26.9. The van der Waals surface area contributed by atoms with Crippen LogP contribution in [0.15, 0.2) is 48.8 Å². The van der Waals surface area contributed by atoms with E-state index in [0.29, 0.717) is 31.8 Å². The number of likely N-dealkylation sites (tertiary alicyclic amines) is 2. The minimum atomic E-state index is -0.698. The molecule has 304 valence electrons. The summed E-state index contributed by atoms with van der Waals surface area (Å²) in [7, 11) is 1.29. The first-order valence-corrected chi connectivity index (χ1v) is 19.7. The maximum atomic E-state index is 13.6. The van der Waals surface area contributed by atoms with Crippen molar-refractivity contribution in [3.8, 4) is 34.0 Å². The standard InChI is InChI=1S/C42H52N8O6.H2S/c1-7-35(51)47-36(23(2)3)40(52)49-16-8-10-31(49)38-43-21-29(45-38)25-14-15-33-28(18-25)19-27-13-12-26(20-34(27)56-33)30-22-44-39(46-30)32-11-9-17-50(32)41(53)37(24(4)5)48-42(54)55-6;/h12-15,18,20-24,31-32,36-37H,7-11,16-17,19H2,1-6H3,(H,43,45)(H,44,46)(H,47,51)(H,48,54);1H2/t31-,32-,36-,37-;/m0./s1. The van der Waals surface area contributed by atoms with Crippen molar-refractivity contribution in [1.29, 1.82) is 0 Å². The maximum absolute atomic E-state index is 13.6. The van der Waals surface area contributed by atoms with Gasteiger partial charge in [-0.15, -0.1) is 0 Å². The summed E-state index contributed by atoms with van der Waals surface area (Å²) >= 11 is 0. The van der Waals surface area contributed by atoms with Crippen molar-refractivity contribution in [2.24, 2.45) is 11.8 Å². The largest absolute Gasteiger partial charge is 0.457 e. The summed E-state index contributed by atoms with van der Waals surface area (Å²) in [5.74, 6) is 2.51. The van der Waals surface area contributed by atoms with Crippen molar-refractivity contribution < 1.29 is 28.7 Å². The molecule has 2 aromatic carbocycles. The number of benzene rings is 2. The molecule has 0 aliphatic carbocycles. The number of aromatic amines is 2. The Labute approximate surface area is 340 Å². The van der Waals surface area contributed by atoms with Crippen LogP contribution in [0.4, 0.5) is 4.79 Å². The molecule has 0 radical (unpaired) electrons. The van der Waals surface area contributed by atoms with Gasteiger partial charge >= 0.3 is 6.09 Å². The van der Waals surface area contributed by atoms with Gasteiger partial charge in [0.05, 0.1) is 43.0 Å². The Morgan fingerprint density at radius 2 is 1.33 bits per heavy atom. The fourth-order valence-electron chi connectivity index (χ4n) is 8.05. The topological polar surface area (TPSA) is 175 Å². The van der Waals surface area contributed by atoms with Crippen molar-refractivity contribution in [2.45, 2.75) is 97.3 Å². The Kier molecular flexibility index (Phi) is 12.7. The van der Waals surface area contributed by atoms with Crippen molar-refractivity contribution in [3.63, 3.8) is 0 Å². The lowest BCUT2D eigenvalue weighted by Gasteiger charge is -2.30. The maximum Gasteiger partial charge on any atom is 0.407 e. The number of H-pyrrole nitrogens is 2. The highest BCUT2D eigenvalue weighted by Gasteiger charge is 2.39. The minimum Gasteiger partial charge on any atom is -0.457 e. The number of rotatable bonds is 11. The van der Waals surface area contributed by atoms with Gasteiger partial charge in [-0.25, -0.2) is 14.8 Å². The number of carbonyl (C=O) groups is 4. The molecule has 0 saturated carbocycles. The lowest BCUT2D eigenvalue weighted by atomic mass is 9.96. The highest BCUT2D eigenvalue weighted by atomic mass is 32.1. The predicted molar refractivity (Wildman–Crippen MR) is 220 cm³/mol. The average molecular weight is 799 g/mol. The van der Waals surface area contributed by atoms with Gasteiger partial charge < -0.3 is 39.9 Å². The summed E-state index contributed by atoms with van der Waals surface area (Å²) in [5.41, 5.74) is 5.69. The number of carbonyl (C=O) groups excluding carboxylic acids is 4. The van der Waals surface area contributed by atoms with Crippen LogP contribution in [0.1, 0.15) is 102 Å². The SMILES string of the molecule is CCC(=O)N[C@H](C(=O)N1CCC[C@H]1c1ncc(-c2ccc3c(c2)Cc2ccc(-c4cnc([C@@H]5CCCN5C(=O)[C@@H](NC(=O)OC)C(C)C)[nH]4)cc2O3)[nH]1)C(C)C.S. The molecule has 0 spiro atoms. The summed E-state index contributed by atoms with van der Waals surface area (Å²) in [6.45, 7) is 10.7. The summed E-state index contributed by atoms with van der Waals surface area (Å²) in [5, 5.41) is 5.62. The number of hydrogen-bond donors (Lipinski definition) is 4. The van der Waals surface area contributed by atoms with E-state index in [9.17, 15) is 19.2 Å². The molecule has 4 aromatic rings. The summed E-state index contributed by atoms with van der Waals surface area (Å²) in [6.07, 6.45) is 7.28. The fraction of sp³-hybridized carbons (Fsp3) is 0.476. The van der Waals surface area contributed by atoms with Crippen LogP contribution in [0.5, 0.6) is 11.5 Å². The molecule has 2 saturated heterocycles. The molecule has 4 amide bonds. The molecular weight excluding hydrogens is 745 g/mol. The van der Waals surface area contributed by atoms with E-state index in [1.54, 1.807) is 18.0 Å². The monoisotopic (exact) mass is 798 g/mol. The van der Waals surface area contributed by atoms with E-state index < -0.39 is 18.2 Å². The Morgan fingerprint density at radius 1 is 0.789 bits per heavy atom. The van der Waals surface area contributed by atoms with Gasteiger partial charge in [0.1, 0.15) is 35.2 Å². The molecule has 7 rings (SSSR count). The minimum absolute atomic E-state index is 0. The highest BCUT2D eigenvalue weighted by molar-refractivity contribution is 7.59. The number of hydrogen-bond acceptors (Lipinski definition) is 8. The van der Waals surface area contributed by atoms with Gasteiger partial charge in [0.15, 0.2) is 0 Å². The Balaban J connectivity index is 0.00000549. The third kappa shape index (κ3) is 8.53. The molecule has 4 N–H and O–H groups in total. The van der Waals surface area contributed by atoms with Crippen LogP contribution in [-0.2, 0) is 25.5 Å². The van der Waals surface area contributed by atoms with Gasteiger partial charge in [-0.1, -0.05) is 46.8 Å². The predicted octanol–water partition coefficient (Wildman–Crippen LogP) is 6.53. The van der Waals surface area contributed by atoms with Gasteiger partial charge in [0, 0.05) is 37.1 Å². The van der Waals surface area contributed by atoms with Gasteiger partial charge in [-0.05, 0) is 72.9 Å². The molecule has 3 aliphatic rings. The zero-order chi connectivity index (χ0) is 39.7. The van der Waals surface area contributed by atoms with Crippen LogP contribution in [0.3, 0.4) is 0 Å². The second-order valence-electron chi connectivity index (χ2n) is 15.7. The van der Waals surface area contributed by atoms with Crippen molar-refractivity contribution in [1.82, 2.24) is 40.4 Å². The Hall–Kier alpha value is -5.31. The van der Waals surface area contributed by atoms with Crippen LogP contribution in [0, 0.1) is 11.8 Å². The number of imidazole rings is 2. The molecule has 0 bridgehead atoms. The first-order valence-electron chi connectivity index (χ1n) is 19.7. The smallest absolute Gasteiger partial charge is 0.407 e. The van der Waals surface area contributed by atoms with Crippen LogP contribution >= 0.6 is 13.5 Å². The summed E-state index contributed by atoms with van der Waals surface area (Å²) < 4.78 is 11.2. The molecule has 2 fully saturated rings. The van der Waals surface area contributed by atoms with E-state index in [1.807, 2.05) is 63.1 Å². The molecule has 14 nitrogen and oxygen atoms in total. The number of fused-ring (bicyclic) bond motifs is 2. The molecule has 2 aromatic heterocycles. The van der Waals surface area contributed by atoms with Crippen LogP contribution in [0.25, 0.3) is 22.5 Å². The molecule has 15 heteroatoms. The molecule has 4 atom stereocenters. The van der Waals surface area contributed by atoms with Gasteiger partial charge in [-0.3, -0.25) is 14.4 Å². The lowest BCUT2D eigenvalue weighted by molar-refractivity contribution is -0.138. The first kappa shape index (κ1) is 41.3. The fourth-order valence-corrected chi connectivity index (χ4v) is 8.05. The zero-order valence-electron chi connectivity index (χ0n) is 33.5. The molecular formula is C42H54N8O6S. The van der Waals surface area contributed by atoms with Crippen molar-refractivity contribution in [2.75, 3.05) is 20.2 Å². The van der Waals surface area contributed by atoms with E-state index >= 15 is 0 Å². The van der Waals surface area contributed by atoms with Gasteiger partial charge in [-0.2, -0.15) is 13.5 Å². The quantitative estimate of drug-likeness (QED) is 0.117. The number of nitrogens with one attached hydrogen (secondary N) is 4. The summed E-state index contributed by atoms with van der Waals surface area (Å²) in [6, 6.07) is 10.6. The normalized spacial score (nSPS) is 18.3. The molecule has 3 aliphatic heterocycles. The lowest BCUT2D eigenvalue weighted by Crippen LogP contribution is -2.51. The van der Waals surface area contributed by atoms with E-state index in [4.69, 9.17) is 19.4 Å². The zero-order valence-corrected chi connectivity index (χ0v) is 34.5. The summed E-state index contributed by atoms with van der Waals surface area (Å²) in [4.78, 5) is 71.5. The molecule has 57 heavy (non-hydrogen) atoms. The van der Waals surface area contributed by atoms with E-state index in [-0.39, 0.29) is 55.1 Å². The van der Waals surface area contributed by atoms with Crippen LogP contribution in [-0.4, -0.2) is 85.8 Å². The van der Waals surface area contributed by atoms with Crippen molar-refractivity contribution in [3.05, 3.63) is 71.6 Å². The average Bonchev–Trinajstić information content (AvgIpc) is 4.03. The Morgan fingerprint density at radius 3 is 1.88 bits per heavy atom. The Bertz CT molecular complexity index is 1960. The second-order valence-corrected chi connectivity index (χ2v) is 15.7. The third-order valence-electron chi connectivity index (χ3n) is 11.2. The number of aromatic nitrogens is 4.